The van der Waals surface area contributed by atoms with Crippen LogP contribution in [-0.2, 0) is 19.7 Å². The van der Waals surface area contributed by atoms with Crippen LogP contribution in [0.4, 0.5) is 0 Å². The van der Waals surface area contributed by atoms with Crippen LogP contribution >= 0.6 is 0 Å². The maximum atomic E-state index is 13.2. The number of ether oxygens (including phenoxy) is 1. The van der Waals surface area contributed by atoms with E-state index in [0.29, 0.717) is 16.9 Å². The van der Waals surface area contributed by atoms with Gasteiger partial charge >= 0.3 is 16.0 Å². The maximum absolute atomic E-state index is 13.2. The van der Waals surface area contributed by atoms with Crippen LogP contribution in [0.2, 0.25) is 0 Å². The van der Waals surface area contributed by atoms with Crippen LogP contribution in [-0.4, -0.2) is 38.6 Å². The number of rotatable bonds is 5. The number of methoxy groups -OCH3 is 1. The second-order valence-corrected chi connectivity index (χ2v) is 7.87. The zero-order valence-electron chi connectivity index (χ0n) is 13.5. The Balaban J connectivity index is 2.60. The monoisotopic (exact) mass is 328 g/mol. The topological polar surface area (TPSA) is 69.7 Å². The summed E-state index contributed by atoms with van der Waals surface area (Å²) >= 11 is 0. The summed E-state index contributed by atoms with van der Waals surface area (Å²) in [5.41, 5.74) is 1.16. The summed E-state index contributed by atoms with van der Waals surface area (Å²) in [5.74, 6) is -0.0103. The van der Waals surface area contributed by atoms with Gasteiger partial charge in [0, 0.05) is 19.8 Å². The van der Waals surface area contributed by atoms with E-state index in [2.05, 4.69) is 0 Å². The third kappa shape index (κ3) is 2.70. The summed E-state index contributed by atoms with van der Waals surface area (Å²) in [7, 11) is -0.905. The van der Waals surface area contributed by atoms with E-state index in [1.807, 2.05) is 0 Å². The van der Waals surface area contributed by atoms with Gasteiger partial charge in [0.25, 0.3) is 0 Å². The number of benzene rings is 1. The fraction of sp³-hybridized carbons (Fsp3) is 0.533. The van der Waals surface area contributed by atoms with Crippen LogP contribution in [0.5, 0.6) is 5.75 Å². The molecule has 1 fully saturated rings. The molecule has 1 aromatic rings. The molecular weight excluding hydrogens is 306 g/mol. The Kier molecular flexibility index (Phi) is 4.23. The van der Waals surface area contributed by atoms with E-state index in [4.69, 9.17) is 9.57 Å². The third-order valence-corrected chi connectivity index (χ3v) is 6.41. The molecule has 0 spiro atoms. The first kappa shape index (κ1) is 16.8. The number of hydroxylamine groups is 2. The van der Waals surface area contributed by atoms with E-state index in [-0.39, 0.29) is 10.9 Å². The van der Waals surface area contributed by atoms with Gasteiger partial charge in [0.15, 0.2) is 0 Å². The molecule has 0 aliphatic heterocycles. The van der Waals surface area contributed by atoms with E-state index >= 15 is 0 Å². The molecule has 1 aliphatic carbocycles. The van der Waals surface area contributed by atoms with Gasteiger partial charge in [-0.15, -0.1) is 0 Å². The van der Waals surface area contributed by atoms with Crippen LogP contribution in [0.3, 0.4) is 0 Å². The van der Waals surface area contributed by atoms with Gasteiger partial charge in [-0.05, 0) is 41.2 Å². The molecule has 1 unspecified atom stereocenters. The van der Waals surface area contributed by atoms with Gasteiger partial charge < -0.3 is 4.74 Å². The fourth-order valence-electron chi connectivity index (χ4n) is 2.74. The summed E-state index contributed by atoms with van der Waals surface area (Å²) in [5, 5.41) is 0. The van der Waals surface area contributed by atoms with Crippen molar-refractivity contribution >= 4 is 16.0 Å². The Bertz CT molecular complexity index is 686. The number of quaternary nitrogens is 1. The van der Waals surface area contributed by atoms with Crippen LogP contribution in [0.1, 0.15) is 30.9 Å². The average molecular weight is 328 g/mol. The normalized spacial score (nSPS) is 17.7. The van der Waals surface area contributed by atoms with Crippen molar-refractivity contribution in [3.05, 3.63) is 23.3 Å². The number of hydrogen-bond donors (Lipinski definition) is 0. The smallest absolute Gasteiger partial charge is 0.366 e. The lowest BCUT2D eigenvalue weighted by atomic mass is 10.1. The first-order valence-corrected chi connectivity index (χ1v) is 8.54. The maximum Gasteiger partial charge on any atom is 0.366 e. The molecule has 7 heteroatoms. The predicted octanol–water partition coefficient (Wildman–Crippen LogP) is 2.09. The van der Waals surface area contributed by atoms with E-state index in [1.165, 1.54) is 21.1 Å². The molecule has 0 radical (unpaired) electrons. The molecule has 122 valence electrons. The standard InChI is InChI=1S/C15H22NO5S/c1-10-8-14(20-5)9-11(2)15(10)22(18,19)16(4,13-6-7-13)21-12(3)17/h8-9,13H,6-7H2,1-5H3/q+1. The van der Waals surface area contributed by atoms with Crippen molar-refractivity contribution in [3.63, 3.8) is 0 Å². The Morgan fingerprint density at radius 2 is 1.73 bits per heavy atom. The molecule has 0 aromatic heterocycles. The lowest BCUT2D eigenvalue weighted by Crippen LogP contribution is -2.52. The van der Waals surface area contributed by atoms with Crippen molar-refractivity contribution in [2.75, 3.05) is 14.2 Å². The first-order valence-electron chi connectivity index (χ1n) is 7.10. The van der Waals surface area contributed by atoms with Crippen molar-refractivity contribution in [3.8, 4) is 5.75 Å². The van der Waals surface area contributed by atoms with E-state index in [9.17, 15) is 13.2 Å². The van der Waals surface area contributed by atoms with Crippen LogP contribution in [0.15, 0.2) is 17.0 Å². The molecule has 22 heavy (non-hydrogen) atoms. The van der Waals surface area contributed by atoms with E-state index in [0.717, 1.165) is 12.8 Å². The molecule has 1 aliphatic rings. The Hall–Kier alpha value is -1.60. The first-order chi connectivity index (χ1) is 10.1. The predicted molar refractivity (Wildman–Crippen MR) is 80.6 cm³/mol. The number of nitrogens with zero attached hydrogens (tertiary/aromatic N) is 1. The molecule has 1 saturated carbocycles. The third-order valence-electron chi connectivity index (χ3n) is 3.92. The number of aryl methyl sites for hydroxylation is 2. The highest BCUT2D eigenvalue weighted by Gasteiger charge is 2.56. The van der Waals surface area contributed by atoms with Crippen LogP contribution < -0.4 is 4.74 Å². The molecule has 1 atom stereocenters. The molecule has 6 nitrogen and oxygen atoms in total. The summed E-state index contributed by atoms with van der Waals surface area (Å²) in [6, 6.07) is 3.13. The highest BCUT2D eigenvalue weighted by molar-refractivity contribution is 7.86. The van der Waals surface area contributed by atoms with Gasteiger partial charge in [-0.1, -0.05) is 0 Å². The van der Waals surface area contributed by atoms with E-state index in [1.54, 1.807) is 26.0 Å². The van der Waals surface area contributed by atoms with Crippen LogP contribution in [0.25, 0.3) is 0 Å². The van der Waals surface area contributed by atoms with Crippen molar-refractivity contribution in [2.24, 2.45) is 0 Å². The largest absolute Gasteiger partial charge is 0.497 e. The minimum Gasteiger partial charge on any atom is -0.497 e. The lowest BCUT2D eigenvalue weighted by Gasteiger charge is -2.30. The van der Waals surface area contributed by atoms with E-state index < -0.39 is 20.0 Å². The fourth-order valence-corrected chi connectivity index (χ4v) is 4.84. The van der Waals surface area contributed by atoms with Crippen molar-refractivity contribution < 1.29 is 26.8 Å². The van der Waals surface area contributed by atoms with Crippen LogP contribution in [0, 0.1) is 13.8 Å². The summed E-state index contributed by atoms with van der Waals surface area (Å²) in [6.45, 7) is 4.66. The molecular formula is C15H22NO5S+. The number of carbonyl (C=O) groups excluding carboxylic acids is 1. The van der Waals surface area contributed by atoms with Gasteiger partial charge in [0.2, 0.25) is 0 Å². The molecule has 0 bridgehead atoms. The number of sulfonamides is 1. The molecule has 0 N–H and O–H groups in total. The summed E-state index contributed by atoms with van der Waals surface area (Å²) < 4.78 is 30.8. The van der Waals surface area contributed by atoms with Gasteiger partial charge in [-0.2, -0.15) is 8.42 Å². The Labute approximate surface area is 131 Å². The minimum atomic E-state index is -3.88. The highest BCUT2D eigenvalue weighted by atomic mass is 32.2. The molecule has 0 amide bonds. The quantitative estimate of drug-likeness (QED) is 0.611. The lowest BCUT2D eigenvalue weighted by molar-refractivity contribution is -0.980. The van der Waals surface area contributed by atoms with Crippen molar-refractivity contribution in [2.45, 2.75) is 44.6 Å². The highest BCUT2D eigenvalue weighted by Crippen LogP contribution is 2.41. The Morgan fingerprint density at radius 1 is 1.23 bits per heavy atom. The summed E-state index contributed by atoms with van der Waals surface area (Å²) in [6.07, 6.45) is 1.44. The molecule has 1 aromatic carbocycles. The zero-order valence-corrected chi connectivity index (χ0v) is 14.4. The van der Waals surface area contributed by atoms with Gasteiger partial charge in [-0.3, -0.25) is 4.84 Å². The van der Waals surface area contributed by atoms with Crippen molar-refractivity contribution in [1.29, 1.82) is 0 Å². The average Bonchev–Trinajstić information content (AvgIpc) is 3.20. The SMILES string of the molecule is COc1cc(C)c(S(=O)(=O)[N+](C)(OC(C)=O)C2CC2)c(C)c1. The van der Waals surface area contributed by atoms with Gasteiger partial charge in [0.05, 0.1) is 7.11 Å². The minimum absolute atomic E-state index is 0.198. The second-order valence-electron chi connectivity index (χ2n) is 5.79. The zero-order chi connectivity index (χ0) is 16.7. The van der Waals surface area contributed by atoms with Gasteiger partial charge in [-0.25, -0.2) is 4.79 Å². The van der Waals surface area contributed by atoms with Crippen molar-refractivity contribution in [1.82, 2.24) is 0 Å². The molecule has 0 saturated heterocycles. The number of hydrogen-bond acceptors (Lipinski definition) is 5. The molecule has 2 rings (SSSR count). The number of carbonyl (C=O) groups is 1. The van der Waals surface area contributed by atoms with Gasteiger partial charge in [0.1, 0.15) is 23.7 Å². The summed E-state index contributed by atoms with van der Waals surface area (Å²) in [4.78, 5) is 16.8. The molecule has 0 heterocycles. The second kappa shape index (κ2) is 5.55. The Morgan fingerprint density at radius 3 is 2.09 bits per heavy atom.